The van der Waals surface area contributed by atoms with Crippen molar-refractivity contribution in [3.8, 4) is 5.75 Å². The van der Waals surface area contributed by atoms with Crippen LogP contribution in [0.1, 0.15) is 22.3 Å². The van der Waals surface area contributed by atoms with Crippen molar-refractivity contribution >= 4 is 33.4 Å². The lowest BCUT2D eigenvalue weighted by Gasteiger charge is -2.17. The molecule has 0 radical (unpaired) electrons. The Morgan fingerprint density at radius 2 is 1.91 bits per heavy atom. The second-order valence-electron chi connectivity index (χ2n) is 7.39. The maximum absolute atomic E-state index is 12.4. The first kappa shape index (κ1) is 23.9. The monoisotopic (exact) mass is 514 g/mol. The number of hydrogen-bond donors (Lipinski definition) is 3. The molecule has 4 N–H and O–H groups in total. The summed E-state index contributed by atoms with van der Waals surface area (Å²) < 4.78 is 41.9. The highest BCUT2D eigenvalue weighted by Gasteiger charge is 2.31. The van der Waals surface area contributed by atoms with Crippen LogP contribution in [0.2, 0.25) is 0 Å². The van der Waals surface area contributed by atoms with E-state index in [0.717, 1.165) is 42.2 Å². The average Bonchev–Trinajstić information content (AvgIpc) is 3.15. The maximum Gasteiger partial charge on any atom is 0.573 e. The summed E-state index contributed by atoms with van der Waals surface area (Å²) in [6.45, 7) is 1.95. The molecule has 32 heavy (non-hydrogen) atoms. The van der Waals surface area contributed by atoms with Crippen LogP contribution in [0.4, 0.5) is 18.9 Å². The number of rotatable bonds is 7. The lowest BCUT2D eigenvalue weighted by Crippen LogP contribution is -2.43. The molecular formula is C21H22BrF3N4O3. The topological polar surface area (TPSA) is 96.7 Å². The van der Waals surface area contributed by atoms with Crippen LogP contribution >= 0.6 is 15.9 Å². The largest absolute Gasteiger partial charge is 0.573 e. The molecule has 11 heteroatoms. The molecule has 0 aliphatic carbocycles. The number of nitrogens with zero attached hydrogens (tertiary/aromatic N) is 1. The predicted octanol–water partition coefficient (Wildman–Crippen LogP) is 3.05. The quantitative estimate of drug-likeness (QED) is 0.493. The fraction of sp³-hybridized carbons (Fsp3) is 0.333. The molecule has 1 atom stereocenters. The SMILES string of the molecule is Nc1ccc(OC(F)(F)F)cc1C(=O)NCC(=O)N[C@@H]1CCN(Cc2ccc(Br)cc2)C1. The van der Waals surface area contributed by atoms with E-state index in [1.807, 2.05) is 24.3 Å². The Balaban J connectivity index is 1.46. The molecule has 172 valence electrons. The van der Waals surface area contributed by atoms with Crippen LogP contribution in [-0.4, -0.2) is 48.8 Å². The van der Waals surface area contributed by atoms with Crippen LogP contribution in [0.3, 0.4) is 0 Å². The summed E-state index contributed by atoms with van der Waals surface area (Å²) in [5.74, 6) is -1.73. The van der Waals surface area contributed by atoms with Gasteiger partial charge < -0.3 is 21.1 Å². The van der Waals surface area contributed by atoms with Crippen molar-refractivity contribution in [2.24, 2.45) is 0 Å². The maximum atomic E-state index is 12.4. The fourth-order valence-corrected chi connectivity index (χ4v) is 3.67. The van der Waals surface area contributed by atoms with Gasteiger partial charge in [-0.3, -0.25) is 14.5 Å². The number of halogens is 4. The molecular weight excluding hydrogens is 493 g/mol. The van der Waals surface area contributed by atoms with E-state index >= 15 is 0 Å². The molecule has 3 rings (SSSR count). The lowest BCUT2D eigenvalue weighted by molar-refractivity contribution is -0.274. The van der Waals surface area contributed by atoms with E-state index in [1.54, 1.807) is 0 Å². The number of benzene rings is 2. The molecule has 0 unspecified atom stereocenters. The van der Waals surface area contributed by atoms with Gasteiger partial charge >= 0.3 is 6.36 Å². The molecule has 2 aromatic rings. The summed E-state index contributed by atoms with van der Waals surface area (Å²) >= 11 is 3.40. The predicted molar refractivity (Wildman–Crippen MR) is 116 cm³/mol. The lowest BCUT2D eigenvalue weighted by atomic mass is 10.1. The zero-order valence-electron chi connectivity index (χ0n) is 16.9. The number of anilines is 1. The van der Waals surface area contributed by atoms with Crippen molar-refractivity contribution in [1.82, 2.24) is 15.5 Å². The van der Waals surface area contributed by atoms with Crippen LogP contribution in [-0.2, 0) is 11.3 Å². The van der Waals surface area contributed by atoms with Crippen LogP contribution < -0.4 is 21.1 Å². The van der Waals surface area contributed by atoms with Gasteiger partial charge in [0.1, 0.15) is 5.75 Å². The number of alkyl halides is 3. The minimum atomic E-state index is -4.89. The van der Waals surface area contributed by atoms with E-state index < -0.39 is 23.9 Å². The Bertz CT molecular complexity index is 970. The van der Waals surface area contributed by atoms with E-state index in [1.165, 1.54) is 5.56 Å². The zero-order valence-corrected chi connectivity index (χ0v) is 18.5. The van der Waals surface area contributed by atoms with Gasteiger partial charge in [0.25, 0.3) is 5.91 Å². The zero-order chi connectivity index (χ0) is 23.3. The van der Waals surface area contributed by atoms with E-state index in [9.17, 15) is 22.8 Å². The summed E-state index contributed by atoms with van der Waals surface area (Å²) in [6.07, 6.45) is -4.11. The molecule has 0 saturated carbocycles. The van der Waals surface area contributed by atoms with Gasteiger partial charge in [-0.1, -0.05) is 28.1 Å². The molecule has 0 spiro atoms. The van der Waals surface area contributed by atoms with Gasteiger partial charge in [0.05, 0.1) is 12.1 Å². The Morgan fingerprint density at radius 1 is 1.19 bits per heavy atom. The summed E-state index contributed by atoms with van der Waals surface area (Å²) in [6, 6.07) is 11.0. The summed E-state index contributed by atoms with van der Waals surface area (Å²) in [5.41, 5.74) is 6.60. The van der Waals surface area contributed by atoms with Crippen LogP contribution in [0.25, 0.3) is 0 Å². The number of amides is 2. The second kappa shape index (κ2) is 10.2. The fourth-order valence-electron chi connectivity index (χ4n) is 3.41. The Labute approximate surface area is 191 Å². The van der Waals surface area contributed by atoms with Crippen molar-refractivity contribution in [2.45, 2.75) is 25.4 Å². The van der Waals surface area contributed by atoms with Crippen LogP contribution in [0, 0.1) is 0 Å². The first-order chi connectivity index (χ1) is 15.1. The van der Waals surface area contributed by atoms with Crippen molar-refractivity contribution in [2.75, 3.05) is 25.4 Å². The number of hydrogen-bond acceptors (Lipinski definition) is 5. The molecule has 0 aromatic heterocycles. The highest BCUT2D eigenvalue weighted by Crippen LogP contribution is 2.26. The van der Waals surface area contributed by atoms with Crippen molar-refractivity contribution in [1.29, 1.82) is 0 Å². The number of carbonyl (C=O) groups is 2. The van der Waals surface area contributed by atoms with Crippen molar-refractivity contribution < 1.29 is 27.5 Å². The van der Waals surface area contributed by atoms with Gasteiger partial charge in [0, 0.05) is 35.8 Å². The first-order valence-electron chi connectivity index (χ1n) is 9.79. The third kappa shape index (κ3) is 7.13. The summed E-state index contributed by atoms with van der Waals surface area (Å²) in [7, 11) is 0. The summed E-state index contributed by atoms with van der Waals surface area (Å²) in [5, 5.41) is 5.23. The highest BCUT2D eigenvalue weighted by molar-refractivity contribution is 9.10. The first-order valence-corrected chi connectivity index (χ1v) is 10.6. The molecule has 1 heterocycles. The number of likely N-dealkylation sites (tertiary alicyclic amines) is 1. The number of ether oxygens (including phenoxy) is 1. The molecule has 7 nitrogen and oxygen atoms in total. The van der Waals surface area contributed by atoms with Crippen LogP contribution in [0.15, 0.2) is 46.9 Å². The smallest absolute Gasteiger partial charge is 0.406 e. The number of carbonyl (C=O) groups excluding carboxylic acids is 2. The van der Waals surface area contributed by atoms with Gasteiger partial charge in [0.2, 0.25) is 5.91 Å². The van der Waals surface area contributed by atoms with Gasteiger partial charge in [-0.15, -0.1) is 13.2 Å². The van der Waals surface area contributed by atoms with Crippen LogP contribution in [0.5, 0.6) is 5.75 Å². The normalized spacial score (nSPS) is 16.6. The van der Waals surface area contributed by atoms with E-state index in [0.29, 0.717) is 6.54 Å². The Kier molecular flexibility index (Phi) is 7.62. The molecule has 1 saturated heterocycles. The minimum Gasteiger partial charge on any atom is -0.406 e. The molecule has 1 fully saturated rings. The van der Waals surface area contributed by atoms with E-state index in [-0.39, 0.29) is 23.8 Å². The van der Waals surface area contributed by atoms with Gasteiger partial charge in [-0.05, 0) is 42.3 Å². The minimum absolute atomic E-state index is 0.0307. The molecule has 1 aliphatic heterocycles. The average molecular weight is 515 g/mol. The highest BCUT2D eigenvalue weighted by atomic mass is 79.9. The third-order valence-electron chi connectivity index (χ3n) is 4.87. The van der Waals surface area contributed by atoms with E-state index in [4.69, 9.17) is 5.73 Å². The Morgan fingerprint density at radius 3 is 2.59 bits per heavy atom. The third-order valence-corrected chi connectivity index (χ3v) is 5.40. The Hall–Kier alpha value is -2.79. The van der Waals surface area contributed by atoms with Gasteiger partial charge in [-0.2, -0.15) is 0 Å². The summed E-state index contributed by atoms with van der Waals surface area (Å²) in [4.78, 5) is 26.7. The second-order valence-corrected chi connectivity index (χ2v) is 8.31. The van der Waals surface area contributed by atoms with Gasteiger partial charge in [0.15, 0.2) is 0 Å². The number of nitrogens with two attached hydrogens (primary N) is 1. The number of nitrogen functional groups attached to an aromatic ring is 1. The van der Waals surface area contributed by atoms with Crippen molar-refractivity contribution in [3.05, 3.63) is 58.1 Å². The van der Waals surface area contributed by atoms with E-state index in [2.05, 4.69) is 36.2 Å². The standard InChI is InChI=1S/C21H22BrF3N4O3/c22-14-3-1-13(2-4-14)11-29-8-7-15(12-29)28-19(30)10-27-20(31)17-9-16(5-6-18(17)26)32-21(23,24)25/h1-6,9,15H,7-8,10-12,26H2,(H,27,31)(H,28,30)/t15-/m1/s1. The number of nitrogens with one attached hydrogen (secondary N) is 2. The van der Waals surface area contributed by atoms with Crippen molar-refractivity contribution in [3.63, 3.8) is 0 Å². The molecule has 1 aliphatic rings. The molecule has 2 amide bonds. The van der Waals surface area contributed by atoms with Gasteiger partial charge in [-0.25, -0.2) is 0 Å². The molecule has 2 aromatic carbocycles. The molecule has 0 bridgehead atoms.